The average Bonchev–Trinajstić information content (AvgIpc) is 3.49. The van der Waals surface area contributed by atoms with E-state index in [0.29, 0.717) is 0 Å². The van der Waals surface area contributed by atoms with Gasteiger partial charge in [0.2, 0.25) is 0 Å². The highest BCUT2D eigenvalue weighted by atomic mass is 16.8. The Balaban J connectivity index is 1.21. The van der Waals surface area contributed by atoms with E-state index < -0.39 is 261 Å². The zero-order valence-corrected chi connectivity index (χ0v) is 40.8. The van der Waals surface area contributed by atoms with Gasteiger partial charge in [0.05, 0.1) is 46.2 Å². The van der Waals surface area contributed by atoms with Crippen LogP contribution < -0.4 is 0 Å². The van der Waals surface area contributed by atoms with Gasteiger partial charge < -0.3 is 179 Å². The molecule has 0 aromatic carbocycles. The monoisotopic (exact) mass is 1150 g/mol. The van der Waals surface area contributed by atoms with Gasteiger partial charge in [-0.3, -0.25) is 0 Å². The molecule has 78 heavy (non-hydrogen) atoms. The zero-order chi connectivity index (χ0) is 57.3. The molecule has 456 valence electrons. The molecule has 0 bridgehead atoms. The Morgan fingerprint density at radius 3 is 0.885 bits per heavy atom. The minimum atomic E-state index is -2.47. The Labute approximate surface area is 439 Å². The summed E-state index contributed by atoms with van der Waals surface area (Å²) in [5, 5.41) is 246. The molecule has 0 aliphatic carbocycles. The van der Waals surface area contributed by atoms with Crippen LogP contribution in [-0.2, 0) is 61.6 Å². The Morgan fingerprint density at radius 1 is 0.218 bits per heavy atom. The predicted octanol–water partition coefficient (Wildman–Crippen LogP) is -16.3. The number of aliphatic hydroxyl groups excluding tert-OH is 23. The SMILES string of the molecule is OC[C@H]1O[C@H](OC[C@H]2O[C@H](O[C@@H]3[C@@H](O[C@@H]4[C@@H](O[C@H]5[C@@H](O)[C@H](O)[C@@H](CO)O[C@H]5O)O[C@H](CO)[C@@H](O)[C@@H]4O)O[C@H](CO)[C@@H](O)[C@@H]3O)[C@@H](O)[C@@H](O[C@H]3O[C@H](CO)[C@@H](O)[C@H](O)[C@@H]3O[C@H]3O[C@H](CO)[C@@H](O)[C@H](O)[C@@H]3O)[C@@H]2O)[C@@H](O)[C@@H](O)[C@@H]1O. The summed E-state index contributed by atoms with van der Waals surface area (Å²) in [6.07, 6.45) is -71.9. The summed E-state index contributed by atoms with van der Waals surface area (Å²) in [7, 11) is 0. The van der Waals surface area contributed by atoms with Crippen molar-refractivity contribution in [3.8, 4) is 0 Å². The van der Waals surface area contributed by atoms with Crippen molar-refractivity contribution >= 4 is 0 Å². The zero-order valence-electron chi connectivity index (χ0n) is 40.8. The van der Waals surface area contributed by atoms with Crippen LogP contribution in [0.5, 0.6) is 0 Å². The first-order valence-corrected chi connectivity index (χ1v) is 24.7. The highest BCUT2D eigenvalue weighted by molar-refractivity contribution is 5.00. The second-order valence-electron chi connectivity index (χ2n) is 19.6. The van der Waals surface area contributed by atoms with Crippen LogP contribution in [-0.4, -0.2) is 379 Å². The van der Waals surface area contributed by atoms with Crippen LogP contribution in [0.2, 0.25) is 0 Å². The molecule has 0 aromatic rings. The lowest BCUT2D eigenvalue weighted by molar-refractivity contribution is -0.413. The molecule has 0 radical (unpaired) electrons. The van der Waals surface area contributed by atoms with Crippen LogP contribution in [0.3, 0.4) is 0 Å². The Kier molecular flexibility index (Phi) is 22.6. The van der Waals surface area contributed by atoms with Crippen molar-refractivity contribution in [1.82, 2.24) is 0 Å². The summed E-state index contributed by atoms with van der Waals surface area (Å²) in [5.74, 6) is 0. The normalized spacial score (nSPS) is 53.5. The molecule has 7 saturated heterocycles. The van der Waals surface area contributed by atoms with Gasteiger partial charge in [0, 0.05) is 0 Å². The first-order chi connectivity index (χ1) is 37.0. The standard InChI is InChI=1S/C42H72O36/c43-1-8-17(51)24(58)32(36(65)67-8)75-41-35(27(61)20(54)12(5-47)71-41)78-42-34(26(60)19(53)13(6-48)72-42)77-39-30(64)31(21(55)14(73-39)7-66-37-28(62)22(56)15(49)9(2-44)68-37)74-40-33(25(59)18(52)11(4-46)70-40)76-38-29(63)23(57)16(50)10(3-45)69-38/h8-65H,1-7H2/t8-,9-,10-,11-,12-,13-,14-,15-,16-,17-,18-,19-,20-,21-,22+,23+,24+,25+,26+,27+,28+,29+,30+,31+,32+,33+,34+,35+,36-,37+,38-,39-,40-,41-,42-/m1/s1. The maximum Gasteiger partial charge on any atom is 0.187 e. The van der Waals surface area contributed by atoms with Gasteiger partial charge in [0.15, 0.2) is 44.0 Å². The molecule has 7 aliphatic heterocycles. The van der Waals surface area contributed by atoms with Crippen LogP contribution in [0.1, 0.15) is 0 Å². The molecule has 0 spiro atoms. The van der Waals surface area contributed by atoms with E-state index in [0.717, 1.165) is 0 Å². The molecule has 7 rings (SSSR count). The molecule has 35 atom stereocenters. The van der Waals surface area contributed by atoms with Gasteiger partial charge >= 0.3 is 0 Å². The molecule has 0 aromatic heterocycles. The van der Waals surface area contributed by atoms with Crippen molar-refractivity contribution in [2.45, 2.75) is 215 Å². The van der Waals surface area contributed by atoms with E-state index in [9.17, 15) is 117 Å². The van der Waals surface area contributed by atoms with Gasteiger partial charge in [0.25, 0.3) is 0 Å². The Morgan fingerprint density at radius 2 is 0.487 bits per heavy atom. The van der Waals surface area contributed by atoms with Crippen molar-refractivity contribution in [3.05, 3.63) is 0 Å². The molecule has 0 saturated carbocycles. The molecule has 36 nitrogen and oxygen atoms in total. The van der Waals surface area contributed by atoms with E-state index in [1.165, 1.54) is 0 Å². The van der Waals surface area contributed by atoms with Crippen molar-refractivity contribution in [2.24, 2.45) is 0 Å². The minimum absolute atomic E-state index is 0.894. The summed E-state index contributed by atoms with van der Waals surface area (Å²) in [6.45, 7) is -6.95. The summed E-state index contributed by atoms with van der Waals surface area (Å²) < 4.78 is 73.7. The number of rotatable bonds is 19. The third-order valence-corrected chi connectivity index (χ3v) is 14.5. The van der Waals surface area contributed by atoms with E-state index in [-0.39, 0.29) is 0 Å². The summed E-state index contributed by atoms with van der Waals surface area (Å²) in [4.78, 5) is 0. The van der Waals surface area contributed by atoms with E-state index in [1.807, 2.05) is 0 Å². The van der Waals surface area contributed by atoms with Crippen LogP contribution in [0.25, 0.3) is 0 Å². The van der Waals surface area contributed by atoms with Gasteiger partial charge in [-0.25, -0.2) is 0 Å². The fourth-order valence-corrected chi connectivity index (χ4v) is 9.81. The van der Waals surface area contributed by atoms with Crippen molar-refractivity contribution in [3.63, 3.8) is 0 Å². The first kappa shape index (κ1) is 64.1. The molecular formula is C42H72O36. The van der Waals surface area contributed by atoms with Crippen LogP contribution >= 0.6 is 0 Å². The summed E-state index contributed by atoms with van der Waals surface area (Å²) >= 11 is 0. The lowest BCUT2D eigenvalue weighted by Crippen LogP contribution is -2.69. The fourth-order valence-electron chi connectivity index (χ4n) is 9.81. The van der Waals surface area contributed by atoms with E-state index in [4.69, 9.17) is 61.6 Å². The van der Waals surface area contributed by atoms with E-state index in [1.54, 1.807) is 0 Å². The topological polar surface area (TPSA) is 585 Å². The molecule has 36 heteroatoms. The lowest BCUT2D eigenvalue weighted by Gasteiger charge is -2.50. The van der Waals surface area contributed by atoms with E-state index >= 15 is 0 Å². The van der Waals surface area contributed by atoms with Crippen LogP contribution in [0.15, 0.2) is 0 Å². The number of aliphatic hydroxyl groups is 23. The van der Waals surface area contributed by atoms with Crippen molar-refractivity contribution in [2.75, 3.05) is 46.2 Å². The molecule has 7 fully saturated rings. The van der Waals surface area contributed by atoms with Crippen LogP contribution in [0.4, 0.5) is 0 Å². The smallest absolute Gasteiger partial charge is 0.187 e. The maximum atomic E-state index is 12.1. The third kappa shape index (κ3) is 13.1. The highest BCUT2D eigenvalue weighted by Crippen LogP contribution is 2.38. The summed E-state index contributed by atoms with van der Waals surface area (Å²) in [6, 6.07) is 0. The maximum absolute atomic E-state index is 12.1. The average molecular weight is 1150 g/mol. The molecule has 7 aliphatic rings. The molecule has 23 N–H and O–H groups in total. The fraction of sp³-hybridized carbons (Fsp3) is 1.00. The molecule has 0 amide bonds. The van der Waals surface area contributed by atoms with Gasteiger partial charge in [-0.1, -0.05) is 0 Å². The largest absolute Gasteiger partial charge is 0.394 e. The summed E-state index contributed by atoms with van der Waals surface area (Å²) in [5.41, 5.74) is 0. The highest BCUT2D eigenvalue weighted by Gasteiger charge is 2.59. The van der Waals surface area contributed by atoms with Gasteiger partial charge in [-0.2, -0.15) is 0 Å². The minimum Gasteiger partial charge on any atom is -0.394 e. The van der Waals surface area contributed by atoms with Gasteiger partial charge in [0.1, 0.15) is 171 Å². The third-order valence-electron chi connectivity index (χ3n) is 14.5. The Bertz CT molecular complexity index is 1820. The lowest BCUT2D eigenvalue weighted by atomic mass is 9.95. The number of hydrogen-bond acceptors (Lipinski definition) is 36. The first-order valence-electron chi connectivity index (χ1n) is 24.7. The second kappa shape index (κ2) is 27.5. The van der Waals surface area contributed by atoms with E-state index in [2.05, 4.69) is 0 Å². The number of ether oxygens (including phenoxy) is 13. The Hall–Kier alpha value is -1.44. The van der Waals surface area contributed by atoms with Crippen molar-refractivity contribution < 1.29 is 179 Å². The van der Waals surface area contributed by atoms with Gasteiger partial charge in [-0.05, 0) is 0 Å². The quantitative estimate of drug-likeness (QED) is 0.0571. The van der Waals surface area contributed by atoms with Crippen molar-refractivity contribution in [1.29, 1.82) is 0 Å². The second-order valence-corrected chi connectivity index (χ2v) is 19.6. The van der Waals surface area contributed by atoms with Gasteiger partial charge in [-0.15, -0.1) is 0 Å². The molecule has 7 heterocycles. The predicted molar refractivity (Wildman–Crippen MR) is 232 cm³/mol. The molecular weight excluding hydrogens is 1080 g/mol. The van der Waals surface area contributed by atoms with Crippen LogP contribution in [0, 0.1) is 0 Å². The molecule has 0 unspecified atom stereocenters. The number of hydrogen-bond donors (Lipinski definition) is 23.